The first-order valence-electron chi connectivity index (χ1n) is 8.25. The van der Waals surface area contributed by atoms with E-state index in [-0.39, 0.29) is 24.0 Å². The smallest absolute Gasteiger partial charge is 0.193 e. The molecule has 0 aromatic heterocycles. The summed E-state index contributed by atoms with van der Waals surface area (Å²) in [6.45, 7) is 6.17. The monoisotopic (exact) mass is 431 g/mol. The Morgan fingerprint density at radius 3 is 2.70 bits per heavy atom. The molecule has 1 aliphatic heterocycles. The summed E-state index contributed by atoms with van der Waals surface area (Å²) in [6, 6.07) is 10.9. The molecule has 1 N–H and O–H groups in total. The molecule has 1 saturated heterocycles. The predicted molar refractivity (Wildman–Crippen MR) is 108 cm³/mol. The molecule has 23 heavy (non-hydrogen) atoms. The normalized spacial score (nSPS) is 21.7. The molecule has 1 fully saturated rings. The van der Waals surface area contributed by atoms with E-state index in [9.17, 15) is 0 Å². The van der Waals surface area contributed by atoms with Gasteiger partial charge < -0.3 is 15.0 Å². The third-order valence-electron chi connectivity index (χ3n) is 4.45. The summed E-state index contributed by atoms with van der Waals surface area (Å²) >= 11 is 0. The highest BCUT2D eigenvalue weighted by molar-refractivity contribution is 14.0. The quantitative estimate of drug-likeness (QED) is 0.336. The Balaban J connectivity index is 0.00000264. The van der Waals surface area contributed by atoms with Crippen LogP contribution in [-0.4, -0.2) is 51.3 Å². The van der Waals surface area contributed by atoms with Crippen LogP contribution in [0.25, 0.3) is 0 Å². The molecule has 0 saturated carbocycles. The van der Waals surface area contributed by atoms with Gasteiger partial charge in [0.1, 0.15) is 0 Å². The molecular weight excluding hydrogens is 401 g/mol. The van der Waals surface area contributed by atoms with Gasteiger partial charge in [0.15, 0.2) is 5.96 Å². The number of ether oxygens (including phenoxy) is 1. The summed E-state index contributed by atoms with van der Waals surface area (Å²) in [5, 5.41) is 3.45. The minimum Gasteiger partial charge on any atom is -0.385 e. The number of halogens is 1. The van der Waals surface area contributed by atoms with Gasteiger partial charge in [0.25, 0.3) is 0 Å². The third kappa shape index (κ3) is 5.95. The maximum Gasteiger partial charge on any atom is 0.193 e. The van der Waals surface area contributed by atoms with Crippen molar-refractivity contribution in [3.8, 4) is 0 Å². The molecule has 2 rings (SSSR count). The van der Waals surface area contributed by atoms with Crippen LogP contribution >= 0.6 is 24.0 Å². The van der Waals surface area contributed by atoms with E-state index in [1.807, 2.05) is 7.05 Å². The van der Waals surface area contributed by atoms with Gasteiger partial charge in [-0.2, -0.15) is 0 Å². The number of guanidine groups is 1. The molecular formula is C18H30IN3O. The largest absolute Gasteiger partial charge is 0.385 e. The second-order valence-corrected chi connectivity index (χ2v) is 6.05. The number of benzene rings is 1. The molecule has 0 bridgehead atoms. The summed E-state index contributed by atoms with van der Waals surface area (Å²) in [7, 11) is 3.61. The number of hydrogen-bond acceptors (Lipinski definition) is 2. The fourth-order valence-corrected chi connectivity index (χ4v) is 3.28. The highest BCUT2D eigenvalue weighted by atomic mass is 127. The lowest BCUT2D eigenvalue weighted by Gasteiger charge is -2.39. The van der Waals surface area contributed by atoms with Crippen LogP contribution < -0.4 is 5.32 Å². The summed E-state index contributed by atoms with van der Waals surface area (Å²) in [5.74, 6) is 2.31. The first-order valence-corrected chi connectivity index (χ1v) is 8.25. The summed E-state index contributed by atoms with van der Waals surface area (Å²) in [6.07, 6.45) is 2.19. The zero-order valence-corrected chi connectivity index (χ0v) is 16.8. The molecule has 4 nitrogen and oxygen atoms in total. The molecule has 2 atom stereocenters. The SMILES string of the molecule is CN=C(NCCCOC)N1CCC(c2ccccc2)C(C)C1.I. The lowest BCUT2D eigenvalue weighted by Crippen LogP contribution is -2.48. The lowest BCUT2D eigenvalue weighted by molar-refractivity contribution is 0.194. The molecule has 1 aromatic rings. The Morgan fingerprint density at radius 2 is 2.09 bits per heavy atom. The van der Waals surface area contributed by atoms with Crippen LogP contribution in [0.4, 0.5) is 0 Å². The van der Waals surface area contributed by atoms with Crippen molar-refractivity contribution in [1.29, 1.82) is 0 Å². The standard InChI is InChI=1S/C18H29N3O.HI/c1-15-14-21(18(19-2)20-11-7-13-22-3)12-10-17(15)16-8-5-4-6-9-16;/h4-6,8-9,15,17H,7,10-14H2,1-3H3,(H,19,20);1H. The fraction of sp³-hybridized carbons (Fsp3) is 0.611. The van der Waals surface area contributed by atoms with Crippen molar-refractivity contribution in [2.75, 3.05) is 40.4 Å². The summed E-state index contributed by atoms with van der Waals surface area (Å²) in [4.78, 5) is 6.82. The van der Waals surface area contributed by atoms with Gasteiger partial charge in [-0.3, -0.25) is 4.99 Å². The number of aliphatic imine (C=N–C) groups is 1. The van der Waals surface area contributed by atoms with E-state index in [1.54, 1.807) is 7.11 Å². The molecule has 5 heteroatoms. The number of likely N-dealkylation sites (tertiary alicyclic amines) is 1. The summed E-state index contributed by atoms with van der Waals surface area (Å²) in [5.41, 5.74) is 1.47. The number of nitrogens with zero attached hydrogens (tertiary/aromatic N) is 2. The molecule has 2 unspecified atom stereocenters. The van der Waals surface area contributed by atoms with Crippen molar-refractivity contribution >= 4 is 29.9 Å². The van der Waals surface area contributed by atoms with Crippen LogP contribution in [0.1, 0.15) is 31.2 Å². The van der Waals surface area contributed by atoms with Crippen molar-refractivity contribution in [1.82, 2.24) is 10.2 Å². The Labute approximate surface area is 157 Å². The van der Waals surface area contributed by atoms with Crippen LogP contribution in [0, 0.1) is 5.92 Å². The fourth-order valence-electron chi connectivity index (χ4n) is 3.28. The van der Waals surface area contributed by atoms with Crippen LogP contribution in [0.2, 0.25) is 0 Å². The van der Waals surface area contributed by atoms with Gasteiger partial charge in [-0.25, -0.2) is 0 Å². The third-order valence-corrected chi connectivity index (χ3v) is 4.45. The second kappa shape index (κ2) is 10.9. The van der Waals surface area contributed by atoms with E-state index in [2.05, 4.69) is 52.5 Å². The molecule has 0 aliphatic carbocycles. The topological polar surface area (TPSA) is 36.9 Å². The van der Waals surface area contributed by atoms with Gasteiger partial charge in [0.05, 0.1) is 0 Å². The average molecular weight is 431 g/mol. The van der Waals surface area contributed by atoms with E-state index >= 15 is 0 Å². The molecule has 0 spiro atoms. The van der Waals surface area contributed by atoms with E-state index in [0.29, 0.717) is 11.8 Å². The van der Waals surface area contributed by atoms with Gasteiger partial charge in [0, 0.05) is 40.4 Å². The van der Waals surface area contributed by atoms with Crippen molar-refractivity contribution < 1.29 is 4.74 Å². The zero-order valence-electron chi connectivity index (χ0n) is 14.5. The Morgan fingerprint density at radius 1 is 1.35 bits per heavy atom. The first-order chi connectivity index (χ1) is 10.8. The summed E-state index contributed by atoms with van der Waals surface area (Å²) < 4.78 is 5.09. The average Bonchev–Trinajstić information content (AvgIpc) is 2.56. The number of hydrogen-bond donors (Lipinski definition) is 1. The van der Waals surface area contributed by atoms with Gasteiger partial charge >= 0.3 is 0 Å². The Hall–Kier alpha value is -0.820. The van der Waals surface area contributed by atoms with E-state index in [4.69, 9.17) is 4.74 Å². The van der Waals surface area contributed by atoms with Gasteiger partial charge in [-0.05, 0) is 30.2 Å². The number of rotatable bonds is 5. The molecule has 0 amide bonds. The van der Waals surface area contributed by atoms with Crippen molar-refractivity contribution in [3.63, 3.8) is 0 Å². The highest BCUT2D eigenvalue weighted by Gasteiger charge is 2.28. The number of nitrogens with one attached hydrogen (secondary N) is 1. The van der Waals surface area contributed by atoms with Crippen molar-refractivity contribution in [2.24, 2.45) is 10.9 Å². The molecule has 130 valence electrons. The Bertz CT molecular complexity index is 467. The molecule has 1 heterocycles. The van der Waals surface area contributed by atoms with Gasteiger partial charge in [0.2, 0.25) is 0 Å². The second-order valence-electron chi connectivity index (χ2n) is 6.05. The van der Waals surface area contributed by atoms with E-state index in [0.717, 1.165) is 38.6 Å². The number of piperidine rings is 1. The van der Waals surface area contributed by atoms with E-state index in [1.165, 1.54) is 12.0 Å². The zero-order chi connectivity index (χ0) is 15.8. The van der Waals surface area contributed by atoms with Crippen LogP contribution in [0.5, 0.6) is 0 Å². The molecule has 0 radical (unpaired) electrons. The maximum atomic E-state index is 5.09. The van der Waals surface area contributed by atoms with Crippen LogP contribution in [-0.2, 0) is 4.74 Å². The lowest BCUT2D eigenvalue weighted by atomic mass is 9.82. The van der Waals surface area contributed by atoms with Gasteiger partial charge in [-0.15, -0.1) is 24.0 Å². The minimum absolute atomic E-state index is 0. The highest BCUT2D eigenvalue weighted by Crippen LogP contribution is 2.32. The van der Waals surface area contributed by atoms with Crippen molar-refractivity contribution in [3.05, 3.63) is 35.9 Å². The molecule has 1 aromatic carbocycles. The van der Waals surface area contributed by atoms with Crippen LogP contribution in [0.3, 0.4) is 0 Å². The number of methoxy groups -OCH3 is 1. The van der Waals surface area contributed by atoms with Crippen LogP contribution in [0.15, 0.2) is 35.3 Å². The molecule has 1 aliphatic rings. The van der Waals surface area contributed by atoms with Crippen molar-refractivity contribution in [2.45, 2.75) is 25.7 Å². The first kappa shape index (κ1) is 20.2. The minimum atomic E-state index is 0. The Kier molecular flexibility index (Phi) is 9.55. The maximum absolute atomic E-state index is 5.09. The van der Waals surface area contributed by atoms with Gasteiger partial charge in [-0.1, -0.05) is 37.3 Å². The van der Waals surface area contributed by atoms with E-state index < -0.39 is 0 Å². The predicted octanol–water partition coefficient (Wildman–Crippen LogP) is 3.34.